The maximum atomic E-state index is 12.9. The van der Waals surface area contributed by atoms with Crippen molar-refractivity contribution in [1.82, 2.24) is 5.32 Å². The smallest absolute Gasteiger partial charge is 0.176 e. The van der Waals surface area contributed by atoms with E-state index in [2.05, 4.69) is 5.32 Å². The van der Waals surface area contributed by atoms with Crippen LogP contribution in [0.3, 0.4) is 0 Å². The summed E-state index contributed by atoms with van der Waals surface area (Å²) in [7, 11) is 0. The van der Waals surface area contributed by atoms with Crippen LogP contribution < -0.4 is 5.32 Å². The number of carbonyl (C=O) groups excluding carboxylic acids is 1. The predicted octanol–water partition coefficient (Wildman–Crippen LogP) is 2.68. The number of hydrogen-bond acceptors (Lipinski definition) is 2. The molecule has 92 valence electrons. The third-order valence-electron chi connectivity index (χ3n) is 3.15. The summed E-state index contributed by atoms with van der Waals surface area (Å²) in [6, 6.07) is 3.65. The van der Waals surface area contributed by atoms with E-state index < -0.39 is 11.6 Å². The minimum atomic E-state index is -0.975. The van der Waals surface area contributed by atoms with Crippen molar-refractivity contribution < 1.29 is 13.6 Å². The molecule has 0 aliphatic heterocycles. The Morgan fingerprint density at radius 1 is 1.24 bits per heavy atom. The molecule has 17 heavy (non-hydrogen) atoms. The van der Waals surface area contributed by atoms with Crippen LogP contribution in [0.25, 0.3) is 0 Å². The molecule has 0 spiro atoms. The molecular formula is C13H15F2NO. The van der Waals surface area contributed by atoms with Crippen LogP contribution in [0.2, 0.25) is 0 Å². The summed E-state index contributed by atoms with van der Waals surface area (Å²) in [5.41, 5.74) is 0.217. The van der Waals surface area contributed by atoms with Gasteiger partial charge in [-0.25, -0.2) is 8.78 Å². The fourth-order valence-electron chi connectivity index (χ4n) is 2.14. The number of rotatable bonds is 4. The van der Waals surface area contributed by atoms with E-state index in [9.17, 15) is 13.6 Å². The molecule has 1 aromatic carbocycles. The van der Waals surface area contributed by atoms with Crippen LogP contribution >= 0.6 is 0 Å². The van der Waals surface area contributed by atoms with Gasteiger partial charge >= 0.3 is 0 Å². The zero-order chi connectivity index (χ0) is 12.3. The minimum absolute atomic E-state index is 0.190. The lowest BCUT2D eigenvalue weighted by atomic mass is 10.1. The molecule has 0 amide bonds. The molecule has 1 aliphatic rings. The van der Waals surface area contributed by atoms with Crippen molar-refractivity contribution in [2.75, 3.05) is 6.54 Å². The van der Waals surface area contributed by atoms with Crippen LogP contribution in [0.5, 0.6) is 0 Å². The quantitative estimate of drug-likeness (QED) is 0.818. The minimum Gasteiger partial charge on any atom is -0.307 e. The lowest BCUT2D eigenvalue weighted by Crippen LogP contribution is -2.31. The zero-order valence-corrected chi connectivity index (χ0v) is 9.51. The first-order valence-electron chi connectivity index (χ1n) is 5.88. The van der Waals surface area contributed by atoms with E-state index in [-0.39, 0.29) is 17.9 Å². The molecule has 1 aromatic rings. The zero-order valence-electron chi connectivity index (χ0n) is 9.51. The molecule has 1 fully saturated rings. The molecule has 1 aliphatic carbocycles. The van der Waals surface area contributed by atoms with E-state index in [1.165, 1.54) is 18.9 Å². The van der Waals surface area contributed by atoms with Gasteiger partial charge < -0.3 is 5.32 Å². The highest BCUT2D eigenvalue weighted by molar-refractivity contribution is 5.97. The maximum Gasteiger partial charge on any atom is 0.176 e. The van der Waals surface area contributed by atoms with Gasteiger partial charge in [-0.1, -0.05) is 12.8 Å². The number of ketones is 1. The van der Waals surface area contributed by atoms with Gasteiger partial charge in [-0.05, 0) is 31.0 Å². The van der Waals surface area contributed by atoms with Gasteiger partial charge in [0.15, 0.2) is 17.4 Å². The second-order valence-corrected chi connectivity index (χ2v) is 4.41. The van der Waals surface area contributed by atoms with E-state index >= 15 is 0 Å². The maximum absolute atomic E-state index is 12.9. The first-order valence-corrected chi connectivity index (χ1v) is 5.88. The topological polar surface area (TPSA) is 29.1 Å². The molecule has 0 bridgehead atoms. The van der Waals surface area contributed by atoms with E-state index in [0.29, 0.717) is 6.04 Å². The third kappa shape index (κ3) is 3.09. The highest BCUT2D eigenvalue weighted by atomic mass is 19.2. The van der Waals surface area contributed by atoms with Crippen LogP contribution in [0.15, 0.2) is 18.2 Å². The number of benzene rings is 1. The highest BCUT2D eigenvalue weighted by Gasteiger charge is 2.16. The first-order chi connectivity index (χ1) is 8.16. The van der Waals surface area contributed by atoms with Crippen molar-refractivity contribution in [3.63, 3.8) is 0 Å². The van der Waals surface area contributed by atoms with E-state index in [4.69, 9.17) is 0 Å². The SMILES string of the molecule is O=C(CNC1CCCC1)c1ccc(F)c(F)c1. The number of carbonyl (C=O) groups is 1. The molecule has 0 aromatic heterocycles. The summed E-state index contributed by atoms with van der Waals surface area (Å²) in [6.07, 6.45) is 4.56. The average Bonchev–Trinajstić information content (AvgIpc) is 2.82. The largest absolute Gasteiger partial charge is 0.307 e. The van der Waals surface area contributed by atoms with E-state index in [1.807, 2.05) is 0 Å². The Hall–Kier alpha value is -1.29. The average molecular weight is 239 g/mol. The van der Waals surface area contributed by atoms with Gasteiger partial charge in [0.25, 0.3) is 0 Å². The van der Waals surface area contributed by atoms with Gasteiger partial charge in [0.05, 0.1) is 6.54 Å². The van der Waals surface area contributed by atoms with Crippen molar-refractivity contribution in [2.45, 2.75) is 31.7 Å². The van der Waals surface area contributed by atoms with Crippen molar-refractivity contribution in [2.24, 2.45) is 0 Å². The summed E-state index contributed by atoms with van der Waals surface area (Å²) < 4.78 is 25.6. The van der Waals surface area contributed by atoms with Crippen LogP contribution in [0.4, 0.5) is 8.78 Å². The van der Waals surface area contributed by atoms with E-state index in [0.717, 1.165) is 25.0 Å². The Morgan fingerprint density at radius 2 is 1.94 bits per heavy atom. The molecule has 1 N–H and O–H groups in total. The summed E-state index contributed by atoms with van der Waals surface area (Å²) in [6.45, 7) is 0.190. The van der Waals surface area contributed by atoms with Crippen LogP contribution in [-0.2, 0) is 0 Å². The van der Waals surface area contributed by atoms with Crippen LogP contribution in [-0.4, -0.2) is 18.4 Å². The Kier molecular flexibility index (Phi) is 3.84. The second-order valence-electron chi connectivity index (χ2n) is 4.41. The fraction of sp³-hybridized carbons (Fsp3) is 0.462. The Morgan fingerprint density at radius 3 is 2.59 bits per heavy atom. The number of halogens is 2. The van der Waals surface area contributed by atoms with Crippen molar-refractivity contribution in [3.8, 4) is 0 Å². The summed E-state index contributed by atoms with van der Waals surface area (Å²) in [5.74, 6) is -2.10. The fourth-order valence-corrected chi connectivity index (χ4v) is 2.14. The predicted molar refractivity (Wildman–Crippen MR) is 60.9 cm³/mol. The van der Waals surface area contributed by atoms with Crippen LogP contribution in [0, 0.1) is 11.6 Å². The summed E-state index contributed by atoms with van der Waals surface area (Å²) >= 11 is 0. The van der Waals surface area contributed by atoms with Gasteiger partial charge in [-0.15, -0.1) is 0 Å². The molecule has 0 saturated heterocycles. The standard InChI is InChI=1S/C13H15F2NO/c14-11-6-5-9(7-12(11)15)13(17)8-16-10-3-1-2-4-10/h5-7,10,16H,1-4,8H2. The van der Waals surface area contributed by atoms with E-state index in [1.54, 1.807) is 0 Å². The van der Waals surface area contributed by atoms with Crippen molar-refractivity contribution >= 4 is 5.78 Å². The van der Waals surface area contributed by atoms with Gasteiger partial charge in [-0.2, -0.15) is 0 Å². The normalized spacial score (nSPS) is 16.4. The van der Waals surface area contributed by atoms with Gasteiger partial charge in [-0.3, -0.25) is 4.79 Å². The van der Waals surface area contributed by atoms with Gasteiger partial charge in [0.1, 0.15) is 0 Å². The molecule has 0 radical (unpaired) electrons. The molecule has 4 heteroatoms. The Labute approximate surface area is 99.0 Å². The molecule has 0 unspecified atom stereocenters. The highest BCUT2D eigenvalue weighted by Crippen LogP contribution is 2.17. The lowest BCUT2D eigenvalue weighted by Gasteiger charge is -2.10. The Balaban J connectivity index is 1.92. The molecule has 0 heterocycles. The van der Waals surface area contributed by atoms with Crippen LogP contribution in [0.1, 0.15) is 36.0 Å². The summed E-state index contributed by atoms with van der Waals surface area (Å²) in [4.78, 5) is 11.7. The summed E-state index contributed by atoms with van der Waals surface area (Å²) in [5, 5.41) is 3.15. The van der Waals surface area contributed by atoms with Gasteiger partial charge in [0, 0.05) is 11.6 Å². The van der Waals surface area contributed by atoms with Gasteiger partial charge in [0.2, 0.25) is 0 Å². The molecule has 1 saturated carbocycles. The number of nitrogens with one attached hydrogen (secondary N) is 1. The lowest BCUT2D eigenvalue weighted by molar-refractivity contribution is 0.0987. The molecule has 2 nitrogen and oxygen atoms in total. The third-order valence-corrected chi connectivity index (χ3v) is 3.15. The number of hydrogen-bond donors (Lipinski definition) is 1. The Bertz CT molecular complexity index is 414. The molecular weight excluding hydrogens is 224 g/mol. The monoisotopic (exact) mass is 239 g/mol. The molecule has 0 atom stereocenters. The molecule has 2 rings (SSSR count). The second kappa shape index (κ2) is 5.36. The van der Waals surface area contributed by atoms with Crippen molar-refractivity contribution in [1.29, 1.82) is 0 Å². The first kappa shape index (κ1) is 12.2. The van der Waals surface area contributed by atoms with Crippen molar-refractivity contribution in [3.05, 3.63) is 35.4 Å². The number of Topliss-reactive ketones (excluding diaryl/α,β-unsaturated/α-hetero) is 1.